The molecule has 1 aromatic carbocycles. The molecule has 1 aliphatic carbocycles. The van der Waals surface area contributed by atoms with Crippen molar-refractivity contribution in [3.05, 3.63) is 30.1 Å². The number of carbonyl (C=O) groups excluding carboxylic acids is 2. The van der Waals surface area contributed by atoms with Gasteiger partial charge in [0, 0.05) is 24.8 Å². The third-order valence-corrected chi connectivity index (χ3v) is 6.61. The quantitative estimate of drug-likeness (QED) is 0.815. The Morgan fingerprint density at radius 2 is 2.18 bits per heavy atom. The molecule has 0 aromatic heterocycles. The van der Waals surface area contributed by atoms with E-state index in [-0.39, 0.29) is 41.8 Å². The lowest BCUT2D eigenvalue weighted by atomic mass is 10.1. The van der Waals surface area contributed by atoms with Crippen LogP contribution in [0.25, 0.3) is 0 Å². The van der Waals surface area contributed by atoms with E-state index in [1.807, 2.05) is 4.90 Å². The topological polar surface area (TPSA) is 93.7 Å². The third-order valence-electron chi connectivity index (χ3n) is 6.61. The van der Waals surface area contributed by atoms with Gasteiger partial charge in [-0.2, -0.15) is 5.26 Å². The maximum Gasteiger partial charge on any atom is 0.244 e. The molecule has 1 aromatic rings. The molecule has 2 amide bonds. The first-order valence-electron chi connectivity index (χ1n) is 9.78. The zero-order valence-electron chi connectivity index (χ0n) is 15.4. The van der Waals surface area contributed by atoms with Crippen LogP contribution in [0, 0.1) is 23.1 Å². The number of likely N-dealkylation sites (tertiary alicyclic amines) is 2. The largest absolute Gasteiger partial charge is 0.322 e. The summed E-state index contributed by atoms with van der Waals surface area (Å²) >= 11 is 0. The molecule has 8 heteroatoms. The lowest BCUT2D eigenvalue weighted by molar-refractivity contribution is -0.135. The van der Waals surface area contributed by atoms with Crippen LogP contribution in [-0.2, 0) is 9.59 Å². The molecule has 4 fully saturated rings. The summed E-state index contributed by atoms with van der Waals surface area (Å²) in [5, 5.41) is 9.30. The molecule has 2 N–H and O–H groups in total. The summed E-state index contributed by atoms with van der Waals surface area (Å²) in [6.45, 7) is 0.913. The van der Waals surface area contributed by atoms with Crippen molar-refractivity contribution in [1.82, 2.24) is 9.80 Å². The van der Waals surface area contributed by atoms with Gasteiger partial charge in [-0.05, 0) is 43.4 Å². The smallest absolute Gasteiger partial charge is 0.244 e. The summed E-state index contributed by atoms with van der Waals surface area (Å²) in [5.41, 5.74) is 6.78. The van der Waals surface area contributed by atoms with Crippen molar-refractivity contribution >= 4 is 17.5 Å². The van der Waals surface area contributed by atoms with E-state index in [9.17, 15) is 19.2 Å². The zero-order chi connectivity index (χ0) is 19.6. The fraction of sp³-hybridized carbons (Fsp3) is 0.550. The first kappa shape index (κ1) is 17.6. The number of hydrogen-bond acceptors (Lipinski definition) is 5. The number of rotatable bonds is 4. The third kappa shape index (κ3) is 2.61. The molecule has 0 radical (unpaired) electrons. The van der Waals surface area contributed by atoms with Crippen LogP contribution < -0.4 is 10.6 Å². The summed E-state index contributed by atoms with van der Waals surface area (Å²) in [6.07, 6.45) is 2.37. The molecular weight excluding hydrogens is 361 g/mol. The minimum atomic E-state index is -0.745. The molecular formula is C20H22FN5O2. The number of nitrogens with zero attached hydrogens (tertiary/aromatic N) is 4. The van der Waals surface area contributed by atoms with Gasteiger partial charge in [-0.3, -0.25) is 14.5 Å². The van der Waals surface area contributed by atoms with Crippen LogP contribution in [0.15, 0.2) is 24.3 Å². The predicted octanol–water partition coefficient (Wildman–Crippen LogP) is 0.455. The van der Waals surface area contributed by atoms with Gasteiger partial charge in [0.1, 0.15) is 11.9 Å². The molecule has 3 aliphatic heterocycles. The first-order valence-corrected chi connectivity index (χ1v) is 9.78. The van der Waals surface area contributed by atoms with Gasteiger partial charge >= 0.3 is 0 Å². The number of piperidine rings is 1. The monoisotopic (exact) mass is 383 g/mol. The summed E-state index contributed by atoms with van der Waals surface area (Å²) in [5.74, 6) is -0.174. The van der Waals surface area contributed by atoms with Gasteiger partial charge in [-0.1, -0.05) is 6.07 Å². The van der Waals surface area contributed by atoms with Gasteiger partial charge in [0.15, 0.2) is 0 Å². The number of piperazine rings is 1. The number of halogens is 1. The normalized spacial score (nSPS) is 34.5. The minimum Gasteiger partial charge on any atom is -0.322 e. The SMILES string of the molecule is N#C[C@@H]1C[C@@H]2C[C@@H]2N1C(=O)[C@@H](N)CN1CC2C[C@H]1C(=O)N2c1cccc(F)c1. The van der Waals surface area contributed by atoms with Crippen molar-refractivity contribution in [2.45, 2.75) is 49.5 Å². The highest BCUT2D eigenvalue weighted by Gasteiger charge is 2.55. The highest BCUT2D eigenvalue weighted by Crippen LogP contribution is 2.47. The van der Waals surface area contributed by atoms with Crippen molar-refractivity contribution in [3.63, 3.8) is 0 Å². The highest BCUT2D eigenvalue weighted by molar-refractivity contribution is 6.01. The van der Waals surface area contributed by atoms with Crippen molar-refractivity contribution in [2.75, 3.05) is 18.0 Å². The summed E-state index contributed by atoms with van der Waals surface area (Å²) in [6, 6.07) is 6.97. The van der Waals surface area contributed by atoms with Crippen LogP contribution >= 0.6 is 0 Å². The lowest BCUT2D eigenvalue weighted by Gasteiger charge is -2.35. The van der Waals surface area contributed by atoms with Gasteiger partial charge < -0.3 is 15.5 Å². The van der Waals surface area contributed by atoms with Crippen LogP contribution in [0.5, 0.6) is 0 Å². The van der Waals surface area contributed by atoms with Crippen LogP contribution in [0.1, 0.15) is 19.3 Å². The van der Waals surface area contributed by atoms with E-state index in [1.165, 1.54) is 12.1 Å². The maximum atomic E-state index is 13.5. The first-order chi connectivity index (χ1) is 13.5. The molecule has 1 saturated carbocycles. The average molecular weight is 383 g/mol. The lowest BCUT2D eigenvalue weighted by Crippen LogP contribution is -2.57. The number of hydrogen-bond donors (Lipinski definition) is 1. The minimum absolute atomic E-state index is 0.0342. The molecule has 5 rings (SSSR count). The van der Waals surface area contributed by atoms with E-state index in [2.05, 4.69) is 6.07 Å². The van der Waals surface area contributed by atoms with E-state index in [4.69, 9.17) is 5.73 Å². The standard InChI is InChI=1S/C20H22FN5O2/c21-12-2-1-3-13(6-12)25-15-7-18(20(25)28)24(9-15)10-16(23)19(27)26-14(8-22)4-11-5-17(11)26/h1-3,6,11,14-18H,4-5,7,9-10,23H2/t11-,14+,15?,16+,17+,18+/m1/s1. The summed E-state index contributed by atoms with van der Waals surface area (Å²) in [7, 11) is 0. The number of fused-ring (bicyclic) bond motifs is 3. The Morgan fingerprint density at radius 1 is 1.36 bits per heavy atom. The van der Waals surface area contributed by atoms with E-state index in [0.717, 1.165) is 12.8 Å². The predicted molar refractivity (Wildman–Crippen MR) is 98.4 cm³/mol. The second kappa shape index (κ2) is 6.26. The average Bonchev–Trinajstić information content (AvgIpc) is 3.01. The maximum absolute atomic E-state index is 13.5. The van der Waals surface area contributed by atoms with E-state index < -0.39 is 6.04 Å². The molecule has 28 heavy (non-hydrogen) atoms. The number of nitrogens with two attached hydrogens (primary N) is 1. The van der Waals surface area contributed by atoms with E-state index in [0.29, 0.717) is 31.1 Å². The molecule has 1 unspecified atom stereocenters. The summed E-state index contributed by atoms with van der Waals surface area (Å²) < 4.78 is 13.5. The molecule has 7 nitrogen and oxygen atoms in total. The van der Waals surface area contributed by atoms with Crippen molar-refractivity contribution in [1.29, 1.82) is 5.26 Å². The molecule has 0 spiro atoms. The zero-order valence-corrected chi connectivity index (χ0v) is 15.4. The highest BCUT2D eigenvalue weighted by atomic mass is 19.1. The van der Waals surface area contributed by atoms with Crippen molar-refractivity contribution in [3.8, 4) is 6.07 Å². The van der Waals surface area contributed by atoms with Crippen LogP contribution in [-0.4, -0.2) is 64.9 Å². The second-order valence-corrected chi connectivity index (χ2v) is 8.34. The van der Waals surface area contributed by atoms with Gasteiger partial charge in [-0.15, -0.1) is 0 Å². The van der Waals surface area contributed by atoms with Crippen molar-refractivity contribution < 1.29 is 14.0 Å². The Morgan fingerprint density at radius 3 is 2.89 bits per heavy atom. The Labute approximate surface area is 162 Å². The molecule has 2 bridgehead atoms. The van der Waals surface area contributed by atoms with Gasteiger partial charge in [0.2, 0.25) is 11.8 Å². The van der Waals surface area contributed by atoms with Gasteiger partial charge in [0.25, 0.3) is 0 Å². The van der Waals surface area contributed by atoms with Crippen LogP contribution in [0.3, 0.4) is 0 Å². The number of benzene rings is 1. The van der Waals surface area contributed by atoms with Crippen molar-refractivity contribution in [2.24, 2.45) is 11.7 Å². The van der Waals surface area contributed by atoms with Gasteiger partial charge in [0.05, 0.1) is 24.2 Å². The fourth-order valence-corrected chi connectivity index (χ4v) is 5.24. The number of amides is 2. The number of carbonyl (C=O) groups is 2. The summed E-state index contributed by atoms with van der Waals surface area (Å²) in [4.78, 5) is 31.0. The van der Waals surface area contributed by atoms with Gasteiger partial charge in [-0.25, -0.2) is 4.39 Å². The Balaban J connectivity index is 1.25. The van der Waals surface area contributed by atoms with Crippen LogP contribution in [0.4, 0.5) is 10.1 Å². The molecule has 6 atom stereocenters. The number of nitriles is 1. The Hall–Kier alpha value is -2.50. The molecule has 3 saturated heterocycles. The Bertz CT molecular complexity index is 886. The van der Waals surface area contributed by atoms with E-state index in [1.54, 1.807) is 21.9 Å². The Kier molecular flexibility index (Phi) is 3.93. The molecule has 4 aliphatic rings. The molecule has 3 heterocycles. The molecule has 146 valence electrons. The number of anilines is 1. The second-order valence-electron chi connectivity index (χ2n) is 8.34. The van der Waals surface area contributed by atoms with Crippen LogP contribution in [0.2, 0.25) is 0 Å². The van der Waals surface area contributed by atoms with E-state index >= 15 is 0 Å². The fourth-order valence-electron chi connectivity index (χ4n) is 5.24.